The van der Waals surface area contributed by atoms with Gasteiger partial charge in [0.1, 0.15) is 5.75 Å². The van der Waals surface area contributed by atoms with E-state index in [2.05, 4.69) is 16.0 Å². The highest BCUT2D eigenvalue weighted by atomic mass is 32.3. The van der Waals surface area contributed by atoms with E-state index in [4.69, 9.17) is 9.29 Å². The zero-order valence-electron chi connectivity index (χ0n) is 15.5. The highest BCUT2D eigenvalue weighted by Crippen LogP contribution is 2.19. The number of aliphatic hydroxyl groups is 1. The van der Waals surface area contributed by atoms with Crippen LogP contribution in [0.3, 0.4) is 0 Å². The average Bonchev–Trinajstić information content (AvgIpc) is 2.66. The number of rotatable bonds is 10. The predicted molar refractivity (Wildman–Crippen MR) is 108 cm³/mol. The second-order valence-electron chi connectivity index (χ2n) is 5.70. The molecule has 2 aromatic carbocycles. The Morgan fingerprint density at radius 2 is 1.52 bits per heavy atom. The number of aliphatic hydroxyl groups excluding tert-OH is 1. The quantitative estimate of drug-likeness (QED) is 0.626. The van der Waals surface area contributed by atoms with Gasteiger partial charge in [-0.05, 0) is 49.2 Å². The Balaban J connectivity index is 2.01. The van der Waals surface area contributed by atoms with Crippen molar-refractivity contribution in [1.29, 1.82) is 0 Å². The summed E-state index contributed by atoms with van der Waals surface area (Å²) in [6.07, 6.45) is 3.90. The van der Waals surface area contributed by atoms with E-state index < -0.39 is 10.4 Å². The summed E-state index contributed by atoms with van der Waals surface area (Å²) in [7, 11) is -4.01. The van der Waals surface area contributed by atoms with Gasteiger partial charge in [-0.1, -0.05) is 36.4 Å². The molecule has 0 heterocycles. The third-order valence-corrected chi connectivity index (χ3v) is 4.74. The number of nitrogens with zero attached hydrogens (tertiary/aromatic N) is 1. The fraction of sp³-hybridized carbons (Fsp3) is 0.300. The predicted octanol–water partition coefficient (Wildman–Crippen LogP) is 3.34. The van der Waals surface area contributed by atoms with Crippen molar-refractivity contribution in [2.75, 3.05) is 31.2 Å². The molecule has 0 fully saturated rings. The third kappa shape index (κ3) is 6.71. The summed E-state index contributed by atoms with van der Waals surface area (Å²) < 4.78 is 32.3. The normalized spacial score (nSPS) is 11.7. The average molecular weight is 391 g/mol. The van der Waals surface area contributed by atoms with E-state index in [0.717, 1.165) is 23.4 Å². The Morgan fingerprint density at radius 1 is 0.963 bits per heavy atom. The molecule has 0 saturated heterocycles. The summed E-state index contributed by atoms with van der Waals surface area (Å²) in [4.78, 5) is 2.10. The van der Waals surface area contributed by atoms with E-state index in [1.54, 1.807) is 31.2 Å². The fourth-order valence-electron chi connectivity index (χ4n) is 2.50. The maximum Gasteiger partial charge on any atom is 0.449 e. The molecule has 6 nitrogen and oxygen atoms in total. The lowest BCUT2D eigenvalue weighted by Gasteiger charge is -2.21. The summed E-state index contributed by atoms with van der Waals surface area (Å²) >= 11 is 0. The summed E-state index contributed by atoms with van der Waals surface area (Å²) in [5.74, 6) is 0.202. The molecular weight excluding hydrogens is 366 g/mol. The number of benzene rings is 2. The summed E-state index contributed by atoms with van der Waals surface area (Å²) in [5, 5.41) is 9.10. The van der Waals surface area contributed by atoms with Crippen LogP contribution in [-0.2, 0) is 14.6 Å². The molecule has 146 valence electrons. The van der Waals surface area contributed by atoms with Crippen molar-refractivity contribution in [3.63, 3.8) is 0 Å². The molecule has 0 aromatic heterocycles. The van der Waals surface area contributed by atoms with Crippen molar-refractivity contribution in [2.45, 2.75) is 13.8 Å². The molecule has 0 aliphatic heterocycles. The van der Waals surface area contributed by atoms with Gasteiger partial charge < -0.3 is 14.2 Å². The number of anilines is 1. The van der Waals surface area contributed by atoms with Gasteiger partial charge in [0, 0.05) is 18.8 Å². The van der Waals surface area contributed by atoms with E-state index in [0.29, 0.717) is 6.54 Å². The summed E-state index contributed by atoms with van der Waals surface area (Å²) in [5.41, 5.74) is 3.02. The molecule has 0 aliphatic carbocycles. The zero-order valence-corrected chi connectivity index (χ0v) is 16.4. The fourth-order valence-corrected chi connectivity index (χ4v) is 3.18. The molecule has 1 N–H and O–H groups in total. The molecule has 2 rings (SSSR count). The van der Waals surface area contributed by atoms with E-state index in [-0.39, 0.29) is 19.0 Å². The first-order valence-corrected chi connectivity index (χ1v) is 10.1. The Hall–Kier alpha value is -2.35. The van der Waals surface area contributed by atoms with Gasteiger partial charge in [-0.25, -0.2) is 4.18 Å². The molecule has 0 bridgehead atoms. The van der Waals surface area contributed by atoms with Gasteiger partial charge in [0.05, 0.1) is 13.2 Å². The van der Waals surface area contributed by atoms with Crippen LogP contribution in [0, 0.1) is 0 Å². The molecule has 0 saturated carbocycles. The van der Waals surface area contributed by atoms with Crippen LogP contribution in [0.2, 0.25) is 0 Å². The minimum absolute atomic E-state index is 0.0258. The molecule has 0 aliphatic rings. The highest BCUT2D eigenvalue weighted by Gasteiger charge is 2.11. The van der Waals surface area contributed by atoms with Crippen molar-refractivity contribution >= 4 is 28.2 Å². The number of hydrogen-bond donors (Lipinski definition) is 1. The smallest absolute Gasteiger partial charge is 0.395 e. The van der Waals surface area contributed by atoms with Gasteiger partial charge in [-0.3, -0.25) is 0 Å². The topological polar surface area (TPSA) is 76.1 Å². The molecular formula is C20H25NO5S. The molecule has 27 heavy (non-hydrogen) atoms. The Kier molecular flexibility index (Phi) is 7.84. The van der Waals surface area contributed by atoms with Gasteiger partial charge in [0.15, 0.2) is 0 Å². The summed E-state index contributed by atoms with van der Waals surface area (Å²) in [6, 6.07) is 14.8. The maximum atomic E-state index is 11.5. The van der Waals surface area contributed by atoms with Gasteiger partial charge in [0.2, 0.25) is 0 Å². The first-order chi connectivity index (χ1) is 13.0. The van der Waals surface area contributed by atoms with Crippen molar-refractivity contribution in [2.24, 2.45) is 0 Å². The van der Waals surface area contributed by atoms with E-state index in [9.17, 15) is 8.42 Å². The van der Waals surface area contributed by atoms with Gasteiger partial charge >= 0.3 is 10.4 Å². The van der Waals surface area contributed by atoms with Crippen LogP contribution in [0.4, 0.5) is 5.69 Å². The number of hydrogen-bond acceptors (Lipinski definition) is 6. The summed E-state index contributed by atoms with van der Waals surface area (Å²) in [6.45, 7) is 5.23. The maximum absolute atomic E-state index is 11.5. The lowest BCUT2D eigenvalue weighted by atomic mass is 10.1. The van der Waals surface area contributed by atoms with Crippen LogP contribution in [0.5, 0.6) is 5.75 Å². The molecule has 2 aromatic rings. The van der Waals surface area contributed by atoms with Crippen molar-refractivity contribution in [3.8, 4) is 5.75 Å². The Morgan fingerprint density at radius 3 is 2.00 bits per heavy atom. The zero-order chi connectivity index (χ0) is 19.7. The third-order valence-electron chi connectivity index (χ3n) is 3.82. The van der Waals surface area contributed by atoms with Crippen molar-refractivity contribution in [1.82, 2.24) is 0 Å². The lowest BCUT2D eigenvalue weighted by Crippen LogP contribution is -2.25. The van der Waals surface area contributed by atoms with Crippen molar-refractivity contribution in [3.05, 3.63) is 59.7 Å². The Bertz CT molecular complexity index is 830. The van der Waals surface area contributed by atoms with Crippen molar-refractivity contribution < 1.29 is 21.9 Å². The van der Waals surface area contributed by atoms with E-state index in [1.165, 1.54) is 0 Å². The molecule has 0 spiro atoms. The van der Waals surface area contributed by atoms with Gasteiger partial charge in [-0.2, -0.15) is 8.42 Å². The second-order valence-corrected chi connectivity index (χ2v) is 6.91. The van der Waals surface area contributed by atoms with E-state index in [1.807, 2.05) is 36.4 Å². The van der Waals surface area contributed by atoms with Crippen LogP contribution in [-0.4, -0.2) is 39.8 Å². The van der Waals surface area contributed by atoms with Crippen LogP contribution >= 0.6 is 0 Å². The standard InChI is InChI=1S/C20H25NO5S/c1-3-21(15-16-22)19-11-7-17(8-12-19)5-6-18-9-13-20(14-10-18)26-27(23,24)25-4-2/h5-14,22H,3-4,15-16H2,1-2H3. The van der Waals surface area contributed by atoms with Gasteiger partial charge in [0.25, 0.3) is 0 Å². The van der Waals surface area contributed by atoms with Crippen LogP contribution in [0.25, 0.3) is 12.2 Å². The molecule has 0 amide bonds. The molecule has 0 atom stereocenters. The Labute approximate surface area is 161 Å². The van der Waals surface area contributed by atoms with E-state index >= 15 is 0 Å². The van der Waals surface area contributed by atoms with Crippen LogP contribution in [0.15, 0.2) is 48.5 Å². The molecule has 0 unspecified atom stereocenters. The largest absolute Gasteiger partial charge is 0.449 e. The number of likely N-dealkylation sites (N-methyl/N-ethyl adjacent to an activating group) is 1. The van der Waals surface area contributed by atoms with Gasteiger partial charge in [-0.15, -0.1) is 0 Å². The minimum atomic E-state index is -4.01. The molecule has 0 radical (unpaired) electrons. The van der Waals surface area contributed by atoms with Crippen LogP contribution in [0.1, 0.15) is 25.0 Å². The first-order valence-electron chi connectivity index (χ1n) is 8.80. The minimum Gasteiger partial charge on any atom is -0.395 e. The molecule has 7 heteroatoms. The first kappa shape index (κ1) is 21.0. The SMILES string of the molecule is CCOS(=O)(=O)Oc1ccc(C=Cc2ccc(N(CC)CCO)cc2)cc1. The van der Waals surface area contributed by atoms with Crippen LogP contribution < -0.4 is 9.08 Å². The second kappa shape index (κ2) is 10.1. The highest BCUT2D eigenvalue weighted by molar-refractivity contribution is 7.82. The lowest BCUT2D eigenvalue weighted by molar-refractivity contribution is 0.288. The monoisotopic (exact) mass is 391 g/mol.